The fourth-order valence-corrected chi connectivity index (χ4v) is 4.79. The average molecular weight is 351 g/mol. The van der Waals surface area contributed by atoms with Crippen molar-refractivity contribution in [1.29, 1.82) is 5.26 Å². The molecule has 0 unspecified atom stereocenters. The highest BCUT2D eigenvalue weighted by Gasteiger charge is 2.15. The van der Waals surface area contributed by atoms with Crippen molar-refractivity contribution in [3.05, 3.63) is 78.4 Å². The van der Waals surface area contributed by atoms with E-state index in [1.54, 1.807) is 23.5 Å². The summed E-state index contributed by atoms with van der Waals surface area (Å²) in [5.41, 5.74) is 2.36. The molecule has 0 fully saturated rings. The third-order valence-electron chi connectivity index (χ3n) is 4.80. The smallest absolute Gasteiger partial charge is 0.133 e. The Bertz CT molecular complexity index is 1360. The second-order valence-corrected chi connectivity index (χ2v) is 7.37. The average Bonchev–Trinajstić information content (AvgIpc) is 3.04. The zero-order chi connectivity index (χ0) is 17.7. The lowest BCUT2D eigenvalue weighted by Gasteiger charge is -2.11. The summed E-state index contributed by atoms with van der Waals surface area (Å²) in [4.78, 5) is 0. The highest BCUT2D eigenvalue weighted by molar-refractivity contribution is 7.26. The standard InChI is InChI=1S/C23H13NOS/c24-13-16-11-15(9-10-19(16)25)22-17-6-2-1-5-14(17)12-21-23(22)18-7-3-4-8-20(18)26-21/h1-12,25H. The molecule has 0 spiro atoms. The fraction of sp³-hybridized carbons (Fsp3) is 0. The van der Waals surface area contributed by atoms with Gasteiger partial charge in [-0.25, -0.2) is 0 Å². The number of hydrogen-bond acceptors (Lipinski definition) is 3. The second-order valence-electron chi connectivity index (χ2n) is 6.29. The Morgan fingerprint density at radius 2 is 1.58 bits per heavy atom. The molecule has 0 atom stereocenters. The highest BCUT2D eigenvalue weighted by Crippen LogP contribution is 2.44. The second kappa shape index (κ2) is 5.59. The van der Waals surface area contributed by atoms with Gasteiger partial charge in [0.25, 0.3) is 0 Å². The highest BCUT2D eigenvalue weighted by atomic mass is 32.1. The molecule has 2 nitrogen and oxygen atoms in total. The number of nitrogens with zero attached hydrogens (tertiary/aromatic N) is 1. The predicted molar refractivity (Wildman–Crippen MR) is 109 cm³/mol. The van der Waals surface area contributed by atoms with Gasteiger partial charge in [-0.2, -0.15) is 5.26 Å². The minimum atomic E-state index is 0.0166. The maximum absolute atomic E-state index is 9.92. The van der Waals surface area contributed by atoms with Crippen molar-refractivity contribution in [3.63, 3.8) is 0 Å². The van der Waals surface area contributed by atoms with Crippen molar-refractivity contribution in [2.45, 2.75) is 0 Å². The summed E-state index contributed by atoms with van der Waals surface area (Å²) in [6.07, 6.45) is 0. The van der Waals surface area contributed by atoms with E-state index < -0.39 is 0 Å². The van der Waals surface area contributed by atoms with Crippen LogP contribution in [0.4, 0.5) is 0 Å². The van der Waals surface area contributed by atoms with Crippen LogP contribution in [-0.2, 0) is 0 Å². The van der Waals surface area contributed by atoms with E-state index in [-0.39, 0.29) is 5.75 Å². The molecule has 3 heteroatoms. The molecule has 5 aromatic rings. The van der Waals surface area contributed by atoms with Gasteiger partial charge in [0, 0.05) is 20.2 Å². The molecule has 0 bridgehead atoms. The lowest BCUT2D eigenvalue weighted by atomic mass is 9.92. The molecule has 1 N–H and O–H groups in total. The minimum Gasteiger partial charge on any atom is -0.507 e. The third-order valence-corrected chi connectivity index (χ3v) is 5.91. The number of aromatic hydroxyl groups is 1. The van der Waals surface area contributed by atoms with Crippen LogP contribution in [0.3, 0.4) is 0 Å². The van der Waals surface area contributed by atoms with Crippen LogP contribution in [0, 0.1) is 11.3 Å². The molecule has 0 radical (unpaired) electrons. The van der Waals surface area contributed by atoms with Crippen molar-refractivity contribution in [2.75, 3.05) is 0 Å². The van der Waals surface area contributed by atoms with Crippen LogP contribution < -0.4 is 0 Å². The van der Waals surface area contributed by atoms with E-state index in [1.165, 1.54) is 25.6 Å². The molecular formula is C23H13NOS. The van der Waals surface area contributed by atoms with Crippen LogP contribution in [0.15, 0.2) is 72.8 Å². The Hall–Kier alpha value is -3.35. The van der Waals surface area contributed by atoms with Gasteiger partial charge in [0.2, 0.25) is 0 Å². The monoisotopic (exact) mass is 351 g/mol. The lowest BCUT2D eigenvalue weighted by molar-refractivity contribution is 0.473. The van der Waals surface area contributed by atoms with E-state index in [2.05, 4.69) is 48.5 Å². The van der Waals surface area contributed by atoms with E-state index >= 15 is 0 Å². The van der Waals surface area contributed by atoms with Crippen LogP contribution in [0.2, 0.25) is 0 Å². The van der Waals surface area contributed by atoms with E-state index in [9.17, 15) is 10.4 Å². The first kappa shape index (κ1) is 14.9. The van der Waals surface area contributed by atoms with Gasteiger partial charge in [-0.15, -0.1) is 11.3 Å². The minimum absolute atomic E-state index is 0.0166. The number of fused-ring (bicyclic) bond motifs is 4. The fourth-order valence-electron chi connectivity index (χ4n) is 3.63. The molecule has 0 saturated heterocycles. The molecule has 1 aromatic heterocycles. The van der Waals surface area contributed by atoms with Gasteiger partial charge >= 0.3 is 0 Å². The van der Waals surface area contributed by atoms with E-state index in [1.807, 2.05) is 18.2 Å². The number of rotatable bonds is 1. The van der Waals surface area contributed by atoms with E-state index in [0.29, 0.717) is 5.56 Å². The zero-order valence-corrected chi connectivity index (χ0v) is 14.5. The zero-order valence-electron chi connectivity index (χ0n) is 13.7. The van der Waals surface area contributed by atoms with Gasteiger partial charge in [0.15, 0.2) is 0 Å². The molecular weight excluding hydrogens is 338 g/mol. The van der Waals surface area contributed by atoms with Gasteiger partial charge in [-0.05, 0) is 46.2 Å². The Balaban J connectivity index is 2.02. The summed E-state index contributed by atoms with van der Waals surface area (Å²) >= 11 is 1.78. The Morgan fingerprint density at radius 1 is 0.808 bits per heavy atom. The number of hydrogen-bond donors (Lipinski definition) is 1. The molecule has 0 saturated carbocycles. The Kier molecular flexibility index (Phi) is 3.21. The number of thiophene rings is 1. The summed E-state index contributed by atoms with van der Waals surface area (Å²) in [5, 5.41) is 24.0. The van der Waals surface area contributed by atoms with Crippen LogP contribution in [-0.4, -0.2) is 5.11 Å². The quantitative estimate of drug-likeness (QED) is 0.377. The number of benzene rings is 4. The van der Waals surface area contributed by atoms with Crippen molar-refractivity contribution in [3.8, 4) is 22.9 Å². The number of nitriles is 1. The summed E-state index contributed by atoms with van der Waals surface area (Å²) in [7, 11) is 0. The van der Waals surface area contributed by atoms with Crippen molar-refractivity contribution >= 4 is 42.3 Å². The third kappa shape index (κ3) is 2.10. The first-order valence-corrected chi connectivity index (χ1v) is 9.14. The Morgan fingerprint density at radius 3 is 2.42 bits per heavy atom. The van der Waals surface area contributed by atoms with E-state index in [4.69, 9.17) is 0 Å². The van der Waals surface area contributed by atoms with Gasteiger partial charge in [-0.3, -0.25) is 0 Å². The normalized spacial score (nSPS) is 11.2. The Labute approximate surface area is 154 Å². The maximum Gasteiger partial charge on any atom is 0.133 e. The molecule has 0 aliphatic rings. The molecule has 0 amide bonds. The molecule has 1 heterocycles. The first-order chi connectivity index (χ1) is 12.8. The summed E-state index contributed by atoms with van der Waals surface area (Å²) in [6, 6.07) is 26.3. The van der Waals surface area contributed by atoms with Gasteiger partial charge < -0.3 is 5.11 Å². The van der Waals surface area contributed by atoms with Crippen molar-refractivity contribution in [2.24, 2.45) is 0 Å². The van der Waals surface area contributed by atoms with E-state index in [0.717, 1.165) is 16.5 Å². The first-order valence-electron chi connectivity index (χ1n) is 8.33. The molecule has 26 heavy (non-hydrogen) atoms. The topological polar surface area (TPSA) is 44.0 Å². The molecule has 5 rings (SSSR count). The summed E-state index contributed by atoms with van der Waals surface area (Å²) in [6.45, 7) is 0. The largest absolute Gasteiger partial charge is 0.507 e. The maximum atomic E-state index is 9.92. The molecule has 0 aliphatic heterocycles. The van der Waals surface area contributed by atoms with Crippen LogP contribution in [0.1, 0.15) is 5.56 Å². The predicted octanol–water partition coefficient (Wildman–Crippen LogP) is 6.45. The number of phenols is 1. The van der Waals surface area contributed by atoms with Crippen LogP contribution in [0.5, 0.6) is 5.75 Å². The van der Waals surface area contributed by atoms with Crippen LogP contribution in [0.25, 0.3) is 42.1 Å². The molecule has 4 aromatic carbocycles. The van der Waals surface area contributed by atoms with Gasteiger partial charge in [0.1, 0.15) is 11.8 Å². The number of phenolic OH excluding ortho intramolecular Hbond substituents is 1. The van der Waals surface area contributed by atoms with Gasteiger partial charge in [-0.1, -0.05) is 48.5 Å². The van der Waals surface area contributed by atoms with Crippen molar-refractivity contribution < 1.29 is 5.11 Å². The van der Waals surface area contributed by atoms with Crippen molar-refractivity contribution in [1.82, 2.24) is 0 Å². The van der Waals surface area contributed by atoms with Crippen LogP contribution >= 0.6 is 11.3 Å². The van der Waals surface area contributed by atoms with Gasteiger partial charge in [0.05, 0.1) is 5.56 Å². The molecule has 0 aliphatic carbocycles. The summed E-state index contributed by atoms with van der Waals surface area (Å²) < 4.78 is 2.48. The SMILES string of the molecule is N#Cc1cc(-c2c3ccccc3cc3sc4ccccc4c23)ccc1O. The summed E-state index contributed by atoms with van der Waals surface area (Å²) in [5.74, 6) is 0.0166. The lowest BCUT2D eigenvalue weighted by Crippen LogP contribution is -1.86. The molecule has 122 valence electrons.